The SMILES string of the molecule is CNc1nc(-c2cncnc2)cc2ccn(C)c(=O)c12. The first kappa shape index (κ1) is 12.3. The molecule has 3 heterocycles. The first-order valence-electron chi connectivity index (χ1n) is 6.14. The third-order valence-electron chi connectivity index (χ3n) is 3.16. The molecule has 3 aromatic rings. The topological polar surface area (TPSA) is 72.7 Å². The first-order chi connectivity index (χ1) is 9.70. The molecule has 0 unspecified atom stereocenters. The number of pyridine rings is 2. The van der Waals surface area contributed by atoms with E-state index in [4.69, 9.17) is 0 Å². The van der Waals surface area contributed by atoms with Gasteiger partial charge in [-0.05, 0) is 17.5 Å². The van der Waals surface area contributed by atoms with Gasteiger partial charge in [0.1, 0.15) is 12.1 Å². The molecule has 0 saturated heterocycles. The van der Waals surface area contributed by atoms with Crippen LogP contribution >= 0.6 is 0 Å². The highest BCUT2D eigenvalue weighted by Crippen LogP contribution is 2.24. The number of rotatable bonds is 2. The Bertz CT molecular complexity index is 826. The van der Waals surface area contributed by atoms with E-state index in [0.29, 0.717) is 11.2 Å². The van der Waals surface area contributed by atoms with Gasteiger partial charge in [-0.25, -0.2) is 15.0 Å². The summed E-state index contributed by atoms with van der Waals surface area (Å²) in [6, 6.07) is 3.77. The Morgan fingerprint density at radius 3 is 2.70 bits per heavy atom. The highest BCUT2D eigenvalue weighted by molar-refractivity contribution is 5.93. The van der Waals surface area contributed by atoms with Crippen LogP contribution in [0.25, 0.3) is 22.0 Å². The molecular formula is C14H13N5O. The fourth-order valence-corrected chi connectivity index (χ4v) is 2.12. The van der Waals surface area contributed by atoms with E-state index in [1.54, 1.807) is 32.7 Å². The van der Waals surface area contributed by atoms with Crippen molar-refractivity contribution in [3.05, 3.63) is 47.4 Å². The summed E-state index contributed by atoms with van der Waals surface area (Å²) >= 11 is 0. The van der Waals surface area contributed by atoms with Gasteiger partial charge >= 0.3 is 0 Å². The zero-order valence-corrected chi connectivity index (χ0v) is 11.2. The monoisotopic (exact) mass is 267 g/mol. The van der Waals surface area contributed by atoms with Gasteiger partial charge in [-0.2, -0.15) is 0 Å². The molecule has 0 aliphatic heterocycles. The van der Waals surface area contributed by atoms with Gasteiger partial charge in [0, 0.05) is 38.2 Å². The molecule has 100 valence electrons. The van der Waals surface area contributed by atoms with Crippen molar-refractivity contribution in [3.8, 4) is 11.3 Å². The van der Waals surface area contributed by atoms with Crippen LogP contribution in [0, 0.1) is 0 Å². The largest absolute Gasteiger partial charge is 0.372 e. The van der Waals surface area contributed by atoms with E-state index in [9.17, 15) is 4.79 Å². The van der Waals surface area contributed by atoms with Gasteiger partial charge in [0.25, 0.3) is 5.56 Å². The Kier molecular flexibility index (Phi) is 2.90. The van der Waals surface area contributed by atoms with Crippen LogP contribution in [0.2, 0.25) is 0 Å². The lowest BCUT2D eigenvalue weighted by Crippen LogP contribution is -2.17. The van der Waals surface area contributed by atoms with Gasteiger partial charge in [0.2, 0.25) is 0 Å². The third-order valence-corrected chi connectivity index (χ3v) is 3.16. The summed E-state index contributed by atoms with van der Waals surface area (Å²) in [5.74, 6) is 0.558. The second-order valence-corrected chi connectivity index (χ2v) is 4.43. The molecule has 0 atom stereocenters. The van der Waals surface area contributed by atoms with E-state index in [1.807, 2.05) is 12.1 Å². The molecule has 0 radical (unpaired) electrons. The van der Waals surface area contributed by atoms with E-state index in [2.05, 4.69) is 20.3 Å². The number of anilines is 1. The summed E-state index contributed by atoms with van der Waals surface area (Å²) in [5.41, 5.74) is 1.47. The number of hydrogen-bond donors (Lipinski definition) is 1. The summed E-state index contributed by atoms with van der Waals surface area (Å²) in [6.07, 6.45) is 6.61. The molecule has 1 N–H and O–H groups in total. The lowest BCUT2D eigenvalue weighted by Gasteiger charge is -2.09. The minimum atomic E-state index is -0.0739. The molecule has 0 aromatic carbocycles. The number of fused-ring (bicyclic) bond motifs is 1. The van der Waals surface area contributed by atoms with Gasteiger partial charge in [0.15, 0.2) is 0 Å². The second-order valence-electron chi connectivity index (χ2n) is 4.43. The predicted molar refractivity (Wildman–Crippen MR) is 77.6 cm³/mol. The molecule has 0 amide bonds. The maximum Gasteiger partial charge on any atom is 0.261 e. The van der Waals surface area contributed by atoms with Gasteiger partial charge in [-0.1, -0.05) is 0 Å². The molecule has 0 aliphatic rings. The molecule has 0 bridgehead atoms. The van der Waals surface area contributed by atoms with Crippen molar-refractivity contribution in [2.24, 2.45) is 7.05 Å². The quantitative estimate of drug-likeness (QED) is 0.760. The zero-order chi connectivity index (χ0) is 14.1. The van der Waals surface area contributed by atoms with Crippen LogP contribution in [0.3, 0.4) is 0 Å². The molecule has 3 aromatic heterocycles. The Morgan fingerprint density at radius 2 is 2.00 bits per heavy atom. The average Bonchev–Trinajstić information content (AvgIpc) is 2.50. The molecule has 3 rings (SSSR count). The maximum atomic E-state index is 12.2. The van der Waals surface area contributed by atoms with Crippen LogP contribution < -0.4 is 10.9 Å². The molecule has 0 aliphatic carbocycles. The average molecular weight is 267 g/mol. The van der Waals surface area contributed by atoms with Crippen LogP contribution in [-0.4, -0.2) is 26.6 Å². The number of aromatic nitrogens is 4. The number of hydrogen-bond acceptors (Lipinski definition) is 5. The van der Waals surface area contributed by atoms with E-state index < -0.39 is 0 Å². The van der Waals surface area contributed by atoms with Crippen LogP contribution in [0.4, 0.5) is 5.82 Å². The summed E-state index contributed by atoms with van der Waals surface area (Å²) in [5, 5.41) is 4.40. The highest BCUT2D eigenvalue weighted by Gasteiger charge is 2.11. The highest BCUT2D eigenvalue weighted by atomic mass is 16.1. The van der Waals surface area contributed by atoms with Crippen molar-refractivity contribution < 1.29 is 0 Å². The number of nitrogens with zero attached hydrogens (tertiary/aromatic N) is 4. The van der Waals surface area contributed by atoms with Crippen molar-refractivity contribution in [1.82, 2.24) is 19.5 Å². The maximum absolute atomic E-state index is 12.2. The second kappa shape index (κ2) is 4.73. The molecule has 20 heavy (non-hydrogen) atoms. The standard InChI is InChI=1S/C14H13N5O/c1-15-13-12-9(3-4-19(2)14(12)20)5-11(18-13)10-6-16-8-17-7-10/h3-8H,1-2H3,(H,15,18). The summed E-state index contributed by atoms with van der Waals surface area (Å²) < 4.78 is 1.54. The van der Waals surface area contributed by atoms with Gasteiger partial charge in [-0.15, -0.1) is 0 Å². The zero-order valence-electron chi connectivity index (χ0n) is 11.2. The predicted octanol–water partition coefficient (Wildman–Crippen LogP) is 1.43. The van der Waals surface area contributed by atoms with Crippen LogP contribution in [0.1, 0.15) is 0 Å². The summed E-state index contributed by atoms with van der Waals surface area (Å²) in [7, 11) is 3.47. The molecule has 0 saturated carbocycles. The van der Waals surface area contributed by atoms with Crippen molar-refractivity contribution >= 4 is 16.6 Å². The minimum absolute atomic E-state index is 0.0739. The van der Waals surface area contributed by atoms with Crippen LogP contribution in [-0.2, 0) is 7.05 Å². The van der Waals surface area contributed by atoms with E-state index >= 15 is 0 Å². The lowest BCUT2D eigenvalue weighted by molar-refractivity contribution is 0.872. The number of aryl methyl sites for hydroxylation is 1. The minimum Gasteiger partial charge on any atom is -0.372 e. The molecular weight excluding hydrogens is 254 g/mol. The van der Waals surface area contributed by atoms with E-state index in [-0.39, 0.29) is 5.56 Å². The van der Waals surface area contributed by atoms with Crippen LogP contribution in [0.5, 0.6) is 0 Å². The Morgan fingerprint density at radius 1 is 1.25 bits per heavy atom. The van der Waals surface area contributed by atoms with E-state index in [1.165, 1.54) is 10.9 Å². The third kappa shape index (κ3) is 1.91. The van der Waals surface area contributed by atoms with Crippen molar-refractivity contribution in [3.63, 3.8) is 0 Å². The molecule has 0 spiro atoms. The smallest absolute Gasteiger partial charge is 0.261 e. The van der Waals surface area contributed by atoms with Crippen LogP contribution in [0.15, 0.2) is 41.8 Å². The van der Waals surface area contributed by atoms with Crippen molar-refractivity contribution in [2.75, 3.05) is 12.4 Å². The van der Waals surface area contributed by atoms with Gasteiger partial charge < -0.3 is 9.88 Å². The van der Waals surface area contributed by atoms with Crippen molar-refractivity contribution in [1.29, 1.82) is 0 Å². The fourth-order valence-electron chi connectivity index (χ4n) is 2.12. The van der Waals surface area contributed by atoms with Gasteiger partial charge in [0.05, 0.1) is 11.1 Å². The fraction of sp³-hybridized carbons (Fsp3) is 0.143. The summed E-state index contributed by atoms with van der Waals surface area (Å²) in [6.45, 7) is 0. The normalized spacial score (nSPS) is 10.7. The van der Waals surface area contributed by atoms with Gasteiger partial charge in [-0.3, -0.25) is 4.79 Å². The Labute approximate surface area is 115 Å². The Balaban J connectivity index is 2.34. The first-order valence-corrected chi connectivity index (χ1v) is 6.14. The van der Waals surface area contributed by atoms with Crippen molar-refractivity contribution in [2.45, 2.75) is 0 Å². The number of nitrogens with one attached hydrogen (secondary N) is 1. The lowest BCUT2D eigenvalue weighted by atomic mass is 10.1. The molecule has 0 fully saturated rings. The Hall–Kier alpha value is -2.76. The molecule has 6 nitrogen and oxygen atoms in total. The molecule has 6 heteroatoms. The summed E-state index contributed by atoms with van der Waals surface area (Å²) in [4.78, 5) is 24.7. The van der Waals surface area contributed by atoms with E-state index in [0.717, 1.165) is 16.6 Å².